The Morgan fingerprint density at radius 1 is 0.971 bits per heavy atom. The summed E-state index contributed by atoms with van der Waals surface area (Å²) in [5, 5.41) is 3.58. The molecule has 0 unspecified atom stereocenters. The van der Waals surface area contributed by atoms with Crippen LogP contribution in [0.3, 0.4) is 0 Å². The van der Waals surface area contributed by atoms with Gasteiger partial charge in [-0.1, -0.05) is 55.2 Å². The molecule has 0 saturated heterocycles. The number of sulfonamides is 1. The minimum Gasteiger partial charge on any atom is -0.352 e. The molecule has 0 saturated carbocycles. The molecule has 0 radical (unpaired) electrons. The molecule has 7 nitrogen and oxygen atoms in total. The van der Waals surface area contributed by atoms with Gasteiger partial charge in [-0.25, -0.2) is 8.42 Å². The van der Waals surface area contributed by atoms with Crippen LogP contribution in [-0.4, -0.2) is 50.0 Å². The van der Waals surface area contributed by atoms with Gasteiger partial charge >= 0.3 is 0 Å². The monoisotopic (exact) mass is 541 g/mol. The summed E-state index contributed by atoms with van der Waals surface area (Å²) in [4.78, 5) is 27.8. The summed E-state index contributed by atoms with van der Waals surface area (Å²) in [6, 6.07) is 11.0. The molecule has 2 aromatic rings. The number of nitrogens with zero attached hydrogens (tertiary/aromatic N) is 2. The molecule has 0 aliphatic heterocycles. The average molecular weight is 543 g/mol. The molecule has 2 amide bonds. The Kier molecular flexibility index (Phi) is 10.4. The lowest BCUT2D eigenvalue weighted by Gasteiger charge is -2.32. The molecule has 192 valence electrons. The molecule has 2 rings (SSSR count). The van der Waals surface area contributed by atoms with Crippen molar-refractivity contribution in [2.75, 3.05) is 17.1 Å². The zero-order chi connectivity index (χ0) is 26.3. The lowest BCUT2D eigenvalue weighted by molar-refractivity contribution is -0.139. The van der Waals surface area contributed by atoms with Gasteiger partial charge in [-0.15, -0.1) is 0 Å². The molecule has 0 spiro atoms. The topological polar surface area (TPSA) is 86.8 Å². The number of hydrogen-bond donors (Lipinski definition) is 1. The fourth-order valence-electron chi connectivity index (χ4n) is 3.39. The van der Waals surface area contributed by atoms with Crippen LogP contribution in [0.25, 0.3) is 0 Å². The smallest absolute Gasteiger partial charge is 0.244 e. The fourth-order valence-corrected chi connectivity index (χ4v) is 4.56. The Hall–Kier alpha value is -2.29. The summed E-state index contributed by atoms with van der Waals surface area (Å²) in [6.07, 6.45) is 2.59. The van der Waals surface area contributed by atoms with Crippen LogP contribution in [0.15, 0.2) is 42.5 Å². The van der Waals surface area contributed by atoms with Crippen LogP contribution in [0, 0.1) is 0 Å². The zero-order valence-electron chi connectivity index (χ0n) is 20.7. The number of amides is 2. The van der Waals surface area contributed by atoms with Crippen LogP contribution in [0.5, 0.6) is 0 Å². The van der Waals surface area contributed by atoms with Crippen molar-refractivity contribution < 1.29 is 18.0 Å². The number of benzene rings is 2. The van der Waals surface area contributed by atoms with E-state index in [0.717, 1.165) is 29.0 Å². The maximum Gasteiger partial charge on any atom is 0.244 e. The van der Waals surface area contributed by atoms with Crippen molar-refractivity contribution >= 4 is 50.7 Å². The van der Waals surface area contributed by atoms with Gasteiger partial charge in [0.2, 0.25) is 21.8 Å². The second-order valence-corrected chi connectivity index (χ2v) is 11.3. The second-order valence-electron chi connectivity index (χ2n) is 8.55. The number of hydrogen-bond acceptors (Lipinski definition) is 4. The fraction of sp³-hybridized carbons (Fsp3) is 0.440. The first-order valence-corrected chi connectivity index (χ1v) is 14.1. The molecule has 1 N–H and O–H groups in total. The van der Waals surface area contributed by atoms with Gasteiger partial charge in [-0.2, -0.15) is 0 Å². The maximum absolute atomic E-state index is 13.5. The highest BCUT2D eigenvalue weighted by Gasteiger charge is 2.30. The van der Waals surface area contributed by atoms with Crippen LogP contribution in [-0.2, 0) is 32.6 Å². The van der Waals surface area contributed by atoms with E-state index >= 15 is 0 Å². The maximum atomic E-state index is 13.5. The van der Waals surface area contributed by atoms with E-state index in [-0.39, 0.29) is 18.5 Å². The summed E-state index contributed by atoms with van der Waals surface area (Å²) in [5.41, 5.74) is 2.09. The molecule has 0 aliphatic rings. The largest absolute Gasteiger partial charge is 0.352 e. The quantitative estimate of drug-likeness (QED) is 0.448. The van der Waals surface area contributed by atoms with Crippen molar-refractivity contribution in [1.82, 2.24) is 10.2 Å². The summed E-state index contributed by atoms with van der Waals surface area (Å²) in [6.45, 7) is 7.04. The first kappa shape index (κ1) is 28.9. The Morgan fingerprint density at radius 3 is 2.09 bits per heavy atom. The molecule has 10 heteroatoms. The predicted octanol–water partition coefficient (Wildman–Crippen LogP) is 4.65. The van der Waals surface area contributed by atoms with E-state index in [9.17, 15) is 18.0 Å². The van der Waals surface area contributed by atoms with E-state index in [1.165, 1.54) is 4.90 Å². The van der Waals surface area contributed by atoms with Gasteiger partial charge in [0.15, 0.2) is 0 Å². The van der Waals surface area contributed by atoms with Gasteiger partial charge in [-0.3, -0.25) is 13.9 Å². The van der Waals surface area contributed by atoms with Crippen molar-refractivity contribution in [2.24, 2.45) is 0 Å². The Labute approximate surface area is 218 Å². The summed E-state index contributed by atoms with van der Waals surface area (Å²) in [7, 11) is -3.77. The average Bonchev–Trinajstić information content (AvgIpc) is 2.81. The van der Waals surface area contributed by atoms with Crippen LogP contribution >= 0.6 is 23.2 Å². The number of halogens is 2. The van der Waals surface area contributed by atoms with Gasteiger partial charge in [0, 0.05) is 12.6 Å². The Bertz CT molecular complexity index is 1140. The number of anilines is 1. The van der Waals surface area contributed by atoms with Gasteiger partial charge < -0.3 is 10.2 Å². The van der Waals surface area contributed by atoms with Gasteiger partial charge in [0.25, 0.3) is 0 Å². The van der Waals surface area contributed by atoms with Crippen molar-refractivity contribution in [3.05, 3.63) is 63.6 Å². The van der Waals surface area contributed by atoms with E-state index in [1.807, 2.05) is 32.9 Å². The standard InChI is InChI=1S/C25H33Cl2N3O4S/c1-6-17(3)28-25(32)18(4)29(15-20-10-13-22(26)23(27)14-20)24(31)16-30(35(5,33)34)21-11-8-19(7-2)9-12-21/h8-14,17-18H,6-7,15-16H2,1-5H3,(H,28,32)/t17-,18-/m1/s1. The van der Waals surface area contributed by atoms with Gasteiger partial charge in [0.1, 0.15) is 12.6 Å². The predicted molar refractivity (Wildman–Crippen MR) is 142 cm³/mol. The normalized spacial score (nSPS) is 13.1. The number of carbonyl (C=O) groups excluding carboxylic acids is 2. The Morgan fingerprint density at radius 2 is 1.57 bits per heavy atom. The molecular weight excluding hydrogens is 509 g/mol. The Balaban J connectivity index is 2.40. The molecule has 35 heavy (non-hydrogen) atoms. The van der Waals surface area contributed by atoms with E-state index in [2.05, 4.69) is 5.32 Å². The molecule has 0 heterocycles. The second kappa shape index (κ2) is 12.6. The van der Waals surface area contributed by atoms with E-state index in [4.69, 9.17) is 23.2 Å². The molecule has 2 aromatic carbocycles. The molecule has 0 fully saturated rings. The summed E-state index contributed by atoms with van der Waals surface area (Å²) < 4.78 is 26.3. The SMILES string of the molecule is CCc1ccc(N(CC(=O)N(Cc2ccc(Cl)c(Cl)c2)[C@H](C)C(=O)N[C@H](C)CC)S(C)(=O)=O)cc1. The summed E-state index contributed by atoms with van der Waals surface area (Å²) >= 11 is 12.2. The minimum atomic E-state index is -3.77. The lowest BCUT2D eigenvalue weighted by atomic mass is 10.1. The van der Waals surface area contributed by atoms with Crippen molar-refractivity contribution in [3.63, 3.8) is 0 Å². The number of aryl methyl sites for hydroxylation is 1. The molecule has 0 aliphatic carbocycles. The van der Waals surface area contributed by atoms with Gasteiger partial charge in [0.05, 0.1) is 22.0 Å². The first-order chi connectivity index (χ1) is 16.4. The number of nitrogens with one attached hydrogen (secondary N) is 1. The number of carbonyl (C=O) groups is 2. The van der Waals surface area contributed by atoms with Crippen LogP contribution < -0.4 is 9.62 Å². The summed E-state index contributed by atoms with van der Waals surface area (Å²) in [5.74, 6) is -0.848. The highest BCUT2D eigenvalue weighted by atomic mass is 35.5. The van der Waals surface area contributed by atoms with Gasteiger partial charge in [-0.05, 0) is 62.1 Å². The molecule has 0 aromatic heterocycles. The molecule has 2 atom stereocenters. The van der Waals surface area contributed by atoms with Crippen LogP contribution in [0.1, 0.15) is 45.2 Å². The van der Waals surface area contributed by atoms with Crippen molar-refractivity contribution in [3.8, 4) is 0 Å². The van der Waals surface area contributed by atoms with Crippen LogP contribution in [0.2, 0.25) is 10.0 Å². The third-order valence-electron chi connectivity index (χ3n) is 5.82. The van der Waals surface area contributed by atoms with E-state index in [1.54, 1.807) is 37.3 Å². The first-order valence-electron chi connectivity index (χ1n) is 11.5. The molecule has 0 bridgehead atoms. The van der Waals surface area contributed by atoms with Crippen LogP contribution in [0.4, 0.5) is 5.69 Å². The lowest BCUT2D eigenvalue weighted by Crippen LogP contribution is -2.52. The van der Waals surface area contributed by atoms with E-state index < -0.39 is 28.5 Å². The van der Waals surface area contributed by atoms with Crippen molar-refractivity contribution in [1.29, 1.82) is 0 Å². The number of rotatable bonds is 11. The van der Waals surface area contributed by atoms with E-state index in [0.29, 0.717) is 21.3 Å². The third kappa shape index (κ3) is 8.12. The van der Waals surface area contributed by atoms with Crippen molar-refractivity contribution in [2.45, 2.75) is 59.2 Å². The zero-order valence-corrected chi connectivity index (χ0v) is 23.0. The highest BCUT2D eigenvalue weighted by Crippen LogP contribution is 2.24. The highest BCUT2D eigenvalue weighted by molar-refractivity contribution is 7.92. The third-order valence-corrected chi connectivity index (χ3v) is 7.70. The molecular formula is C25H33Cl2N3O4S. The minimum absolute atomic E-state index is 0.0528.